The van der Waals surface area contributed by atoms with Crippen LogP contribution in [0.4, 0.5) is 4.39 Å². The van der Waals surface area contributed by atoms with Gasteiger partial charge in [-0.2, -0.15) is 0 Å². The summed E-state index contributed by atoms with van der Waals surface area (Å²) < 4.78 is 31.4. The molecule has 2 aromatic heterocycles. The first-order valence-electron chi connectivity index (χ1n) is 15.6. The standard InChI is InChI=1S/C29H27FN2O8S.3C2H6/c1-5-39-28(36)24-16(2)23-25(34)32(17(3)27(35)40-15-18-9-7-6-8-10-18)29(37)31(26(23)41-24)14-21(33)20-13-19(30)11-12-22(20)38-4;3*1-2/h6-13,17H,5,14-15H2,1-4H3;3*1-2H3. The molecule has 1 unspecified atom stereocenters. The van der Waals surface area contributed by atoms with Crippen molar-refractivity contribution in [3.05, 3.63) is 96.8 Å². The van der Waals surface area contributed by atoms with Gasteiger partial charge in [-0.1, -0.05) is 71.9 Å². The van der Waals surface area contributed by atoms with E-state index < -0.39 is 47.4 Å². The predicted molar refractivity (Wildman–Crippen MR) is 183 cm³/mol. The monoisotopic (exact) mass is 672 g/mol. The van der Waals surface area contributed by atoms with Crippen LogP contribution in [0.2, 0.25) is 0 Å². The number of esters is 2. The van der Waals surface area contributed by atoms with Crippen LogP contribution in [0.5, 0.6) is 5.75 Å². The molecule has 0 aliphatic rings. The van der Waals surface area contributed by atoms with E-state index in [1.54, 1.807) is 37.3 Å². The smallest absolute Gasteiger partial charge is 0.348 e. The molecule has 0 radical (unpaired) electrons. The van der Waals surface area contributed by atoms with Crippen molar-refractivity contribution >= 4 is 39.3 Å². The Labute approximate surface area is 278 Å². The van der Waals surface area contributed by atoms with Gasteiger partial charge in [0.15, 0.2) is 5.78 Å². The molecular weight excluding hydrogens is 627 g/mol. The van der Waals surface area contributed by atoms with Gasteiger partial charge < -0.3 is 14.2 Å². The molecule has 12 heteroatoms. The molecule has 0 N–H and O–H groups in total. The lowest BCUT2D eigenvalue weighted by Crippen LogP contribution is -2.44. The minimum atomic E-state index is -1.38. The summed E-state index contributed by atoms with van der Waals surface area (Å²) in [7, 11) is 1.31. The van der Waals surface area contributed by atoms with E-state index in [-0.39, 0.29) is 45.2 Å². The van der Waals surface area contributed by atoms with Crippen molar-refractivity contribution in [3.8, 4) is 5.75 Å². The van der Waals surface area contributed by atoms with Crippen LogP contribution in [0.25, 0.3) is 10.2 Å². The van der Waals surface area contributed by atoms with E-state index in [9.17, 15) is 28.4 Å². The Balaban J connectivity index is 0.00000174. The summed E-state index contributed by atoms with van der Waals surface area (Å²) >= 11 is 0.815. The van der Waals surface area contributed by atoms with Gasteiger partial charge in [-0.05, 0) is 50.1 Å². The highest BCUT2D eigenvalue weighted by molar-refractivity contribution is 7.20. The summed E-state index contributed by atoms with van der Waals surface area (Å²) in [5.74, 6) is -2.86. The first-order valence-corrected chi connectivity index (χ1v) is 16.4. The van der Waals surface area contributed by atoms with E-state index in [1.165, 1.54) is 27.0 Å². The highest BCUT2D eigenvalue weighted by atomic mass is 32.1. The molecule has 0 saturated heterocycles. The van der Waals surface area contributed by atoms with Gasteiger partial charge in [0, 0.05) is 0 Å². The number of hydrogen-bond acceptors (Lipinski definition) is 9. The van der Waals surface area contributed by atoms with Gasteiger partial charge in [-0.25, -0.2) is 23.3 Å². The summed E-state index contributed by atoms with van der Waals surface area (Å²) in [6.45, 7) is 15.8. The number of Topliss-reactive ketones (excluding diaryl/α,β-unsaturated/α-hetero) is 1. The largest absolute Gasteiger partial charge is 0.496 e. The predicted octanol–water partition coefficient (Wildman–Crippen LogP) is 7.12. The number of aromatic nitrogens is 2. The number of carbonyl (C=O) groups is 3. The number of nitrogens with zero attached hydrogens (tertiary/aromatic N) is 2. The van der Waals surface area contributed by atoms with Gasteiger partial charge in [-0.3, -0.25) is 14.2 Å². The normalized spacial score (nSPS) is 10.6. The first-order chi connectivity index (χ1) is 22.6. The number of fused-ring (bicyclic) bond motifs is 1. The lowest BCUT2D eigenvalue weighted by molar-refractivity contribution is -0.148. The maximum absolute atomic E-state index is 14.0. The number of rotatable bonds is 10. The second-order valence-electron chi connectivity index (χ2n) is 9.04. The molecule has 47 heavy (non-hydrogen) atoms. The SMILES string of the molecule is CC.CC.CC.CCOC(=O)c1sc2c(c1C)c(=O)n(C(C)C(=O)OCc1ccccc1)c(=O)n2CC(=O)c1cc(F)ccc1OC. The maximum Gasteiger partial charge on any atom is 0.348 e. The molecular formula is C35H45FN2O8S. The van der Waals surface area contributed by atoms with Gasteiger partial charge in [-0.15, -0.1) is 11.3 Å². The summed E-state index contributed by atoms with van der Waals surface area (Å²) in [4.78, 5) is 66.6. The third kappa shape index (κ3) is 9.47. The second kappa shape index (κ2) is 19.8. The topological polar surface area (TPSA) is 123 Å². The summed E-state index contributed by atoms with van der Waals surface area (Å²) in [5.41, 5.74) is -0.996. The number of benzene rings is 2. The van der Waals surface area contributed by atoms with Crippen LogP contribution in [-0.2, 0) is 27.4 Å². The zero-order valence-corrected chi connectivity index (χ0v) is 29.6. The molecule has 0 fully saturated rings. The van der Waals surface area contributed by atoms with E-state index in [4.69, 9.17) is 14.2 Å². The molecule has 0 aliphatic heterocycles. The number of aryl methyl sites for hydroxylation is 1. The van der Waals surface area contributed by atoms with Crippen molar-refractivity contribution in [1.29, 1.82) is 0 Å². The summed E-state index contributed by atoms with van der Waals surface area (Å²) in [6, 6.07) is 10.9. The van der Waals surface area contributed by atoms with Crippen molar-refractivity contribution in [2.45, 2.75) is 81.5 Å². The molecule has 0 aliphatic carbocycles. The summed E-state index contributed by atoms with van der Waals surface area (Å²) in [5, 5.41) is -0.0284. The van der Waals surface area contributed by atoms with E-state index in [1.807, 2.05) is 41.5 Å². The van der Waals surface area contributed by atoms with Crippen molar-refractivity contribution in [3.63, 3.8) is 0 Å². The molecule has 2 heterocycles. The fourth-order valence-electron chi connectivity index (χ4n) is 4.32. The van der Waals surface area contributed by atoms with Crippen LogP contribution < -0.4 is 16.0 Å². The van der Waals surface area contributed by atoms with Crippen molar-refractivity contribution in [2.24, 2.45) is 0 Å². The maximum atomic E-state index is 14.0. The number of hydrogen-bond donors (Lipinski definition) is 0. The highest BCUT2D eigenvalue weighted by Crippen LogP contribution is 2.30. The number of ketones is 1. The number of methoxy groups -OCH3 is 1. The molecule has 10 nitrogen and oxygen atoms in total. The van der Waals surface area contributed by atoms with E-state index in [0.29, 0.717) is 10.1 Å². The average Bonchev–Trinajstić information content (AvgIpc) is 3.45. The van der Waals surface area contributed by atoms with E-state index in [2.05, 4.69) is 0 Å². The molecule has 0 spiro atoms. The summed E-state index contributed by atoms with van der Waals surface area (Å²) in [6.07, 6.45) is 0. The molecule has 1 atom stereocenters. The third-order valence-corrected chi connectivity index (χ3v) is 7.71. The Morgan fingerprint density at radius 3 is 2.13 bits per heavy atom. The fourth-order valence-corrected chi connectivity index (χ4v) is 5.50. The zero-order valence-electron chi connectivity index (χ0n) is 28.8. The van der Waals surface area contributed by atoms with E-state index >= 15 is 0 Å². The fraction of sp³-hybridized carbons (Fsp3) is 0.400. The van der Waals surface area contributed by atoms with Crippen LogP contribution in [0.3, 0.4) is 0 Å². The highest BCUT2D eigenvalue weighted by Gasteiger charge is 2.29. The van der Waals surface area contributed by atoms with Gasteiger partial charge >= 0.3 is 17.6 Å². The average molecular weight is 673 g/mol. The lowest BCUT2D eigenvalue weighted by atomic mass is 10.1. The molecule has 2 aromatic carbocycles. The number of halogens is 1. The number of thiophene rings is 1. The molecule has 0 bridgehead atoms. The second-order valence-corrected chi connectivity index (χ2v) is 10.0. The number of ether oxygens (including phenoxy) is 3. The Kier molecular flexibility index (Phi) is 17.1. The van der Waals surface area contributed by atoms with E-state index in [0.717, 1.165) is 28.0 Å². The van der Waals surface area contributed by atoms with Gasteiger partial charge in [0.1, 0.15) is 33.9 Å². The zero-order chi connectivity index (χ0) is 35.8. The third-order valence-electron chi connectivity index (χ3n) is 6.42. The van der Waals surface area contributed by atoms with Gasteiger partial charge in [0.2, 0.25) is 0 Å². The molecule has 0 saturated carbocycles. The van der Waals surface area contributed by atoms with Crippen molar-refractivity contribution in [1.82, 2.24) is 9.13 Å². The Bertz CT molecular complexity index is 1760. The van der Waals surface area contributed by atoms with Crippen LogP contribution in [0.1, 0.15) is 92.6 Å². The Morgan fingerprint density at radius 1 is 0.936 bits per heavy atom. The van der Waals surface area contributed by atoms with Crippen LogP contribution in [0, 0.1) is 12.7 Å². The quantitative estimate of drug-likeness (QED) is 0.129. The molecule has 0 amide bonds. The minimum Gasteiger partial charge on any atom is -0.496 e. The Morgan fingerprint density at radius 2 is 1.55 bits per heavy atom. The van der Waals surface area contributed by atoms with Crippen LogP contribution in [-0.4, -0.2) is 40.6 Å². The lowest BCUT2D eigenvalue weighted by Gasteiger charge is -2.17. The van der Waals surface area contributed by atoms with Crippen molar-refractivity contribution in [2.75, 3.05) is 13.7 Å². The van der Waals surface area contributed by atoms with Gasteiger partial charge in [0.25, 0.3) is 5.56 Å². The Hall–Kier alpha value is -4.58. The number of carbonyl (C=O) groups excluding carboxylic acids is 3. The minimum absolute atomic E-state index is 0.0284. The first kappa shape index (κ1) is 40.4. The molecule has 4 rings (SSSR count). The molecule has 4 aromatic rings. The molecule has 256 valence electrons. The van der Waals surface area contributed by atoms with Crippen LogP contribution in [0.15, 0.2) is 58.1 Å². The van der Waals surface area contributed by atoms with Crippen molar-refractivity contribution < 1.29 is 33.0 Å². The van der Waals surface area contributed by atoms with Gasteiger partial charge in [0.05, 0.1) is 31.2 Å². The van der Waals surface area contributed by atoms with Crippen LogP contribution >= 0.6 is 11.3 Å².